The second-order valence-electron chi connectivity index (χ2n) is 9.72. The Balaban J connectivity index is 1.20. The molecule has 2 heterocycles. The van der Waals surface area contributed by atoms with Gasteiger partial charge in [0, 0.05) is 10.9 Å². The summed E-state index contributed by atoms with van der Waals surface area (Å²) < 4.78 is 34.0. The van der Waals surface area contributed by atoms with Crippen LogP contribution in [-0.2, 0) is 25.4 Å². The molecule has 5 N–H and O–H groups in total. The smallest absolute Gasteiger partial charge is 0.222 e. The summed E-state index contributed by atoms with van der Waals surface area (Å²) in [5.41, 5.74) is 16.1. The van der Waals surface area contributed by atoms with E-state index in [4.69, 9.17) is 45.0 Å². The minimum atomic E-state index is 0.0182. The van der Waals surface area contributed by atoms with Crippen LogP contribution in [-0.4, -0.2) is 87.8 Å². The Morgan fingerprint density at radius 1 is 0.762 bits per heavy atom. The molecule has 0 bridgehead atoms. The number of aromatic nitrogens is 2. The molecule has 0 saturated carbocycles. The molecule has 224 valence electrons. The molecule has 0 atom stereocenters. The number of aliphatic hydroxyl groups is 1. The monoisotopic (exact) mass is 578 g/mol. The van der Waals surface area contributed by atoms with Crippen molar-refractivity contribution in [1.29, 1.82) is 0 Å². The lowest BCUT2D eigenvalue weighted by molar-refractivity contribution is -0.00775. The third-order valence-electron chi connectivity index (χ3n) is 6.92. The number of nitrogens with zero attached hydrogens (tertiary/aromatic N) is 2. The molecular weight excluding hydrogens is 540 g/mol. The first-order valence-corrected chi connectivity index (χ1v) is 14.3. The second kappa shape index (κ2) is 14.9. The van der Waals surface area contributed by atoms with E-state index in [1.54, 1.807) is 0 Å². The van der Waals surface area contributed by atoms with Crippen LogP contribution in [0, 0.1) is 0 Å². The average molecular weight is 579 g/mol. The molecule has 5 rings (SSSR count). The van der Waals surface area contributed by atoms with Crippen LogP contribution in [0.4, 0.5) is 11.8 Å². The zero-order valence-corrected chi connectivity index (χ0v) is 23.7. The number of aliphatic hydroxyl groups excluding tert-OH is 1. The maximum Gasteiger partial charge on any atom is 0.222 e. The molecule has 0 fully saturated rings. The van der Waals surface area contributed by atoms with Crippen molar-refractivity contribution in [3.8, 4) is 22.6 Å². The first-order chi connectivity index (χ1) is 20.7. The lowest BCUT2D eigenvalue weighted by Crippen LogP contribution is -2.14. The normalized spacial score (nSPS) is 12.9. The number of rotatable bonds is 16. The molecule has 1 aliphatic rings. The van der Waals surface area contributed by atoms with Gasteiger partial charge >= 0.3 is 0 Å². The van der Waals surface area contributed by atoms with Crippen LogP contribution in [0.3, 0.4) is 0 Å². The molecule has 1 aliphatic heterocycles. The van der Waals surface area contributed by atoms with Crippen molar-refractivity contribution in [2.24, 2.45) is 0 Å². The Labute approximate surface area is 244 Å². The number of anilines is 2. The Bertz CT molecular complexity index is 1480. The topological polar surface area (TPSA) is 153 Å². The maximum atomic E-state index is 8.65. The fourth-order valence-electron chi connectivity index (χ4n) is 5.09. The van der Waals surface area contributed by atoms with Crippen molar-refractivity contribution in [3.63, 3.8) is 0 Å². The van der Waals surface area contributed by atoms with Gasteiger partial charge in [-0.3, -0.25) is 0 Å². The summed E-state index contributed by atoms with van der Waals surface area (Å²) in [6.45, 7) is 4.67. The van der Waals surface area contributed by atoms with E-state index in [9.17, 15) is 0 Å². The van der Waals surface area contributed by atoms with Gasteiger partial charge in [-0.2, -0.15) is 4.98 Å². The van der Waals surface area contributed by atoms with E-state index in [2.05, 4.69) is 28.2 Å². The van der Waals surface area contributed by atoms with Crippen molar-refractivity contribution in [2.45, 2.75) is 12.8 Å². The summed E-state index contributed by atoms with van der Waals surface area (Å²) in [5.74, 6) is 1.99. The summed E-state index contributed by atoms with van der Waals surface area (Å²) in [4.78, 5) is 8.64. The number of nitrogens with two attached hydrogens (primary N) is 2. The number of ether oxygens (including phenoxy) is 6. The van der Waals surface area contributed by atoms with E-state index in [0.29, 0.717) is 82.8 Å². The molecule has 0 amide bonds. The van der Waals surface area contributed by atoms with Gasteiger partial charge in [-0.15, -0.1) is 0 Å². The predicted molar refractivity (Wildman–Crippen MR) is 161 cm³/mol. The molecule has 11 nitrogen and oxygen atoms in total. The van der Waals surface area contributed by atoms with E-state index in [1.165, 1.54) is 0 Å². The molecule has 0 unspecified atom stereocenters. The highest BCUT2D eigenvalue weighted by atomic mass is 16.6. The first-order valence-electron chi connectivity index (χ1n) is 14.3. The van der Waals surface area contributed by atoms with Gasteiger partial charge in [-0.25, -0.2) is 4.98 Å². The van der Waals surface area contributed by atoms with E-state index >= 15 is 0 Å². The van der Waals surface area contributed by atoms with Gasteiger partial charge in [0.15, 0.2) is 0 Å². The van der Waals surface area contributed by atoms with E-state index in [0.717, 1.165) is 51.8 Å². The molecule has 1 aromatic heterocycles. The minimum absolute atomic E-state index is 0.0182. The summed E-state index contributed by atoms with van der Waals surface area (Å²) >= 11 is 0. The third kappa shape index (κ3) is 7.18. The second-order valence-corrected chi connectivity index (χ2v) is 9.72. The number of hydrogen-bond acceptors (Lipinski definition) is 11. The highest BCUT2D eigenvalue weighted by Gasteiger charge is 2.23. The van der Waals surface area contributed by atoms with Gasteiger partial charge < -0.3 is 45.0 Å². The van der Waals surface area contributed by atoms with Crippen molar-refractivity contribution in [1.82, 2.24) is 9.97 Å². The van der Waals surface area contributed by atoms with Crippen molar-refractivity contribution in [3.05, 3.63) is 48.0 Å². The van der Waals surface area contributed by atoms with Crippen molar-refractivity contribution in [2.75, 3.05) is 84.1 Å². The van der Waals surface area contributed by atoms with E-state index in [-0.39, 0.29) is 12.6 Å². The Hall–Kier alpha value is -3.74. The van der Waals surface area contributed by atoms with Gasteiger partial charge in [0.1, 0.15) is 23.9 Å². The number of fused-ring (bicyclic) bond motifs is 4. The van der Waals surface area contributed by atoms with Crippen LogP contribution < -0.4 is 20.9 Å². The summed E-state index contributed by atoms with van der Waals surface area (Å²) in [6, 6.07) is 14.3. The highest BCUT2D eigenvalue weighted by molar-refractivity contribution is 6.05. The highest BCUT2D eigenvalue weighted by Crippen LogP contribution is 2.44. The quantitative estimate of drug-likeness (QED) is 0.168. The van der Waals surface area contributed by atoms with Crippen LogP contribution in [0.15, 0.2) is 42.5 Å². The van der Waals surface area contributed by atoms with Crippen molar-refractivity contribution < 1.29 is 33.5 Å². The lowest BCUT2D eigenvalue weighted by Gasteiger charge is -2.24. The van der Waals surface area contributed by atoms with Crippen LogP contribution >= 0.6 is 0 Å². The molecule has 0 aliphatic carbocycles. The lowest BCUT2D eigenvalue weighted by atomic mass is 9.89. The third-order valence-corrected chi connectivity index (χ3v) is 6.92. The Morgan fingerprint density at radius 2 is 1.43 bits per heavy atom. The molecule has 42 heavy (non-hydrogen) atoms. The van der Waals surface area contributed by atoms with Crippen LogP contribution in [0.1, 0.15) is 12.0 Å². The number of benzene rings is 3. The van der Waals surface area contributed by atoms with Gasteiger partial charge in [0.2, 0.25) is 5.95 Å². The SMILES string of the molecule is Nc1nc(N)c2c3c(c(-c4ccc(OCCOCCOCCOCCOCCO)c5ccccc45)cc2n1)CCCO3. The summed E-state index contributed by atoms with van der Waals surface area (Å²) in [5, 5.41) is 11.4. The largest absolute Gasteiger partial charge is 0.492 e. The molecular formula is C31H38N4O7. The molecule has 0 saturated heterocycles. The molecule has 0 spiro atoms. The zero-order chi connectivity index (χ0) is 29.1. The van der Waals surface area contributed by atoms with Crippen molar-refractivity contribution >= 4 is 33.4 Å². The summed E-state index contributed by atoms with van der Waals surface area (Å²) in [6.07, 6.45) is 1.78. The van der Waals surface area contributed by atoms with Crippen LogP contribution in [0.25, 0.3) is 32.8 Å². The van der Waals surface area contributed by atoms with Crippen LogP contribution in [0.2, 0.25) is 0 Å². The molecule has 3 aromatic carbocycles. The molecule has 11 heteroatoms. The summed E-state index contributed by atoms with van der Waals surface area (Å²) in [7, 11) is 0. The molecule has 4 aromatic rings. The Kier molecular flexibility index (Phi) is 10.6. The van der Waals surface area contributed by atoms with Gasteiger partial charge in [0.05, 0.1) is 77.0 Å². The fraction of sp³-hybridized carbons (Fsp3) is 0.419. The first kappa shape index (κ1) is 29.7. The standard InChI is InChI=1S/C31H38N4O7/c32-30-28-26(34-31(33)35-30)20-25(24-6-3-10-42-29(24)28)22-7-8-27(23-5-2-1-4-21(22)23)41-19-18-40-17-16-39-15-14-38-13-12-37-11-9-36/h1-2,4-5,7-8,20,36H,3,6,9-19H2,(H4,32,33,34,35). The zero-order valence-electron chi connectivity index (χ0n) is 23.7. The van der Waals surface area contributed by atoms with Gasteiger partial charge in [-0.05, 0) is 41.5 Å². The molecule has 0 radical (unpaired) electrons. The average Bonchev–Trinajstić information content (AvgIpc) is 3.00. The van der Waals surface area contributed by atoms with E-state index < -0.39 is 0 Å². The van der Waals surface area contributed by atoms with Gasteiger partial charge in [0.25, 0.3) is 0 Å². The minimum Gasteiger partial charge on any atom is -0.492 e. The van der Waals surface area contributed by atoms with Crippen LogP contribution in [0.5, 0.6) is 11.5 Å². The number of nitrogen functional groups attached to an aromatic ring is 2. The predicted octanol–water partition coefficient (Wildman–Crippen LogP) is 3.38. The fourth-order valence-corrected chi connectivity index (χ4v) is 5.09. The maximum absolute atomic E-state index is 8.65. The Morgan fingerprint density at radius 3 is 2.14 bits per heavy atom. The van der Waals surface area contributed by atoms with Gasteiger partial charge in [-0.1, -0.05) is 30.3 Å². The number of hydrogen-bond donors (Lipinski definition) is 3. The van der Waals surface area contributed by atoms with E-state index in [1.807, 2.05) is 24.3 Å².